The summed E-state index contributed by atoms with van der Waals surface area (Å²) in [5.41, 5.74) is 0. The normalized spacial score (nSPS) is 6.18. The van der Waals surface area contributed by atoms with E-state index in [1.165, 1.54) is 0 Å². The van der Waals surface area contributed by atoms with Gasteiger partial charge in [0.15, 0.2) is 0 Å². The first kappa shape index (κ1) is 12.1. The van der Waals surface area contributed by atoms with Crippen LogP contribution in [-0.2, 0) is 4.79 Å². The van der Waals surface area contributed by atoms with E-state index in [9.17, 15) is 0 Å². The lowest BCUT2D eigenvalue weighted by atomic mass is 10.3. The predicted molar refractivity (Wildman–Crippen MR) is 46.5 cm³/mol. The maximum atomic E-state index is 8.63. The molecule has 0 spiro atoms. The maximum Gasteiger partial charge on any atom is 0.115 e. The second kappa shape index (κ2) is 11.3. The number of hydrogen-bond acceptors (Lipinski definition) is 2. The van der Waals surface area contributed by atoms with Crippen LogP contribution in [0.4, 0.5) is 0 Å². The molecule has 0 fully saturated rings. The van der Waals surface area contributed by atoms with Crippen molar-refractivity contribution in [1.82, 2.24) is 0 Å². The zero-order valence-corrected chi connectivity index (χ0v) is 6.36. The van der Waals surface area contributed by atoms with E-state index in [1.807, 2.05) is 12.9 Å². The van der Waals surface area contributed by atoms with Crippen LogP contribution in [-0.4, -0.2) is 11.9 Å². The van der Waals surface area contributed by atoms with Crippen LogP contribution in [0.25, 0.3) is 0 Å². The summed E-state index contributed by atoms with van der Waals surface area (Å²) < 4.78 is 0. The summed E-state index contributed by atoms with van der Waals surface area (Å²) in [6, 6.07) is 8.71. The Balaban J connectivity index is 0. The second-order valence-corrected chi connectivity index (χ2v) is 1.34. The van der Waals surface area contributed by atoms with Gasteiger partial charge in [-0.1, -0.05) is 18.2 Å². The Morgan fingerprint density at radius 1 is 1.00 bits per heavy atom. The monoisotopic (exact) mass is 152 g/mol. The third-order valence-electron chi connectivity index (χ3n) is 0.756. The highest BCUT2D eigenvalue weighted by Crippen LogP contribution is 2.02. The van der Waals surface area contributed by atoms with Crippen molar-refractivity contribution >= 4 is 6.79 Å². The van der Waals surface area contributed by atoms with Crippen molar-refractivity contribution in [2.45, 2.75) is 0 Å². The lowest BCUT2D eigenvalue weighted by Crippen LogP contribution is -1.56. The summed E-state index contributed by atoms with van der Waals surface area (Å²) in [5, 5.41) is 8.63. The van der Waals surface area contributed by atoms with E-state index in [2.05, 4.69) is 13.2 Å². The Morgan fingerprint density at radius 3 is 1.55 bits per heavy atom. The van der Waals surface area contributed by atoms with Crippen LogP contribution in [0.5, 0.6) is 5.75 Å². The number of phenolic OH excluding ortho intramolecular Hbond substituents is 1. The molecular formula is C9H12O2. The molecule has 0 saturated carbocycles. The molecular weight excluding hydrogens is 140 g/mol. The molecule has 1 N–H and O–H groups in total. The molecule has 0 unspecified atom stereocenters. The van der Waals surface area contributed by atoms with E-state index < -0.39 is 0 Å². The highest BCUT2D eigenvalue weighted by molar-refractivity contribution is 5.18. The van der Waals surface area contributed by atoms with Crippen LogP contribution in [0.2, 0.25) is 0 Å². The summed E-state index contributed by atoms with van der Waals surface area (Å²) in [5.74, 6) is 0.322. The lowest BCUT2D eigenvalue weighted by molar-refractivity contribution is -0.0979. The fourth-order valence-electron chi connectivity index (χ4n) is 0.428. The largest absolute Gasteiger partial charge is 0.508 e. The van der Waals surface area contributed by atoms with Gasteiger partial charge in [0, 0.05) is 0 Å². The number of phenols is 1. The number of benzene rings is 1. The van der Waals surface area contributed by atoms with Gasteiger partial charge in [-0.25, -0.2) is 0 Å². The molecule has 0 saturated heterocycles. The van der Waals surface area contributed by atoms with Gasteiger partial charge >= 0.3 is 0 Å². The smallest absolute Gasteiger partial charge is 0.115 e. The summed E-state index contributed by atoms with van der Waals surface area (Å²) in [7, 11) is 0. The first-order valence-corrected chi connectivity index (χ1v) is 2.92. The van der Waals surface area contributed by atoms with Gasteiger partial charge in [0.2, 0.25) is 0 Å². The van der Waals surface area contributed by atoms with Crippen LogP contribution < -0.4 is 0 Å². The van der Waals surface area contributed by atoms with Crippen molar-refractivity contribution in [1.29, 1.82) is 0 Å². The molecule has 0 bridgehead atoms. The van der Waals surface area contributed by atoms with E-state index in [0.29, 0.717) is 5.75 Å². The molecule has 11 heavy (non-hydrogen) atoms. The second-order valence-electron chi connectivity index (χ2n) is 1.34. The number of para-hydroxylation sites is 1. The fraction of sp³-hybridized carbons (Fsp3) is 0. The van der Waals surface area contributed by atoms with Gasteiger partial charge in [-0.15, -0.1) is 13.2 Å². The first-order valence-electron chi connectivity index (χ1n) is 2.92. The van der Waals surface area contributed by atoms with Crippen molar-refractivity contribution in [3.8, 4) is 5.75 Å². The highest BCUT2D eigenvalue weighted by Gasteiger charge is 1.74. The molecule has 0 radical (unpaired) electrons. The molecule has 0 heterocycles. The number of carbonyl (C=O) groups is 1. The van der Waals surface area contributed by atoms with Gasteiger partial charge in [-0.05, 0) is 12.1 Å². The fourth-order valence-corrected chi connectivity index (χ4v) is 0.428. The van der Waals surface area contributed by atoms with Crippen LogP contribution in [0.3, 0.4) is 0 Å². The molecule has 0 aromatic heterocycles. The van der Waals surface area contributed by atoms with Crippen molar-refractivity contribution < 1.29 is 9.90 Å². The minimum absolute atomic E-state index is 0.322. The minimum Gasteiger partial charge on any atom is -0.508 e. The molecule has 0 amide bonds. The molecule has 0 aliphatic heterocycles. The lowest BCUT2D eigenvalue weighted by Gasteiger charge is -1.82. The first-order chi connectivity index (χ1) is 5.39. The Morgan fingerprint density at radius 2 is 1.36 bits per heavy atom. The molecule has 1 aromatic rings. The van der Waals surface area contributed by atoms with Crippen LogP contribution in [0, 0.1) is 0 Å². The van der Waals surface area contributed by atoms with E-state index in [1.54, 1.807) is 24.3 Å². The van der Waals surface area contributed by atoms with Crippen LogP contribution in [0.15, 0.2) is 43.5 Å². The third-order valence-corrected chi connectivity index (χ3v) is 0.756. The number of aromatic hydroxyl groups is 1. The van der Waals surface area contributed by atoms with Crippen molar-refractivity contribution in [3.63, 3.8) is 0 Å². The van der Waals surface area contributed by atoms with E-state index >= 15 is 0 Å². The molecule has 0 aliphatic rings. The molecule has 60 valence electrons. The minimum atomic E-state index is 0.322. The molecule has 2 heteroatoms. The SMILES string of the molecule is C=C.C=O.Oc1ccccc1. The predicted octanol–water partition coefficient (Wildman–Crippen LogP) is 2.01. The molecule has 1 rings (SSSR count). The van der Waals surface area contributed by atoms with E-state index in [-0.39, 0.29) is 0 Å². The van der Waals surface area contributed by atoms with Crippen molar-refractivity contribution in [3.05, 3.63) is 43.5 Å². The van der Waals surface area contributed by atoms with Gasteiger partial charge in [0.05, 0.1) is 0 Å². The van der Waals surface area contributed by atoms with Crippen LogP contribution >= 0.6 is 0 Å². The topological polar surface area (TPSA) is 37.3 Å². The Bertz CT molecular complexity index is 158. The average molecular weight is 152 g/mol. The van der Waals surface area contributed by atoms with Crippen molar-refractivity contribution in [2.75, 3.05) is 0 Å². The number of carbonyl (C=O) groups excluding carboxylic acids is 1. The Labute approximate surface area is 66.8 Å². The Hall–Kier alpha value is -1.57. The van der Waals surface area contributed by atoms with E-state index in [4.69, 9.17) is 9.90 Å². The van der Waals surface area contributed by atoms with Gasteiger partial charge in [-0.3, -0.25) is 0 Å². The van der Waals surface area contributed by atoms with E-state index in [0.717, 1.165) is 0 Å². The highest BCUT2D eigenvalue weighted by atomic mass is 16.3. The summed E-state index contributed by atoms with van der Waals surface area (Å²) in [4.78, 5) is 8.00. The van der Waals surface area contributed by atoms with Gasteiger partial charge in [0.25, 0.3) is 0 Å². The van der Waals surface area contributed by atoms with Crippen LogP contribution in [0.1, 0.15) is 0 Å². The quantitative estimate of drug-likeness (QED) is 0.577. The maximum absolute atomic E-state index is 8.63. The average Bonchev–Trinajstić information content (AvgIpc) is 2.13. The van der Waals surface area contributed by atoms with Gasteiger partial charge in [-0.2, -0.15) is 0 Å². The van der Waals surface area contributed by atoms with Gasteiger partial charge in [0.1, 0.15) is 12.5 Å². The zero-order valence-electron chi connectivity index (χ0n) is 6.36. The standard InChI is InChI=1S/C6H6O.C2H4.CH2O/c7-6-4-2-1-3-5-6;2*1-2/h1-5,7H;1-2H2;1H2. The van der Waals surface area contributed by atoms with Crippen molar-refractivity contribution in [2.24, 2.45) is 0 Å². The van der Waals surface area contributed by atoms with Gasteiger partial charge < -0.3 is 9.90 Å². The molecule has 0 atom stereocenters. The summed E-state index contributed by atoms with van der Waals surface area (Å²) >= 11 is 0. The number of hydrogen-bond donors (Lipinski definition) is 1. The molecule has 1 aromatic carbocycles. The summed E-state index contributed by atoms with van der Waals surface area (Å²) in [6.07, 6.45) is 0. The number of rotatable bonds is 0. The molecule has 0 aliphatic carbocycles. The zero-order chi connectivity index (χ0) is 9.11. The third kappa shape index (κ3) is 8.43. The molecule has 2 nitrogen and oxygen atoms in total. The Kier molecular flexibility index (Phi) is 12.4. The summed E-state index contributed by atoms with van der Waals surface area (Å²) in [6.45, 7) is 8.00.